The molecule has 19 heavy (non-hydrogen) atoms. The van der Waals surface area contributed by atoms with Crippen LogP contribution in [0.1, 0.15) is 32.3 Å². The largest absolute Gasteiger partial charge is 0.481 e. The Bertz CT molecular complexity index is 419. The third-order valence-electron chi connectivity index (χ3n) is 3.30. The number of aliphatic carboxylic acids is 1. The summed E-state index contributed by atoms with van der Waals surface area (Å²) in [7, 11) is 1.95. The van der Waals surface area contributed by atoms with Crippen LogP contribution in [0.15, 0.2) is 24.3 Å². The molecular weight excluding hydrogens is 262 g/mol. The monoisotopic (exact) mass is 283 g/mol. The quantitative estimate of drug-likeness (QED) is 0.830. The van der Waals surface area contributed by atoms with Gasteiger partial charge in [0.25, 0.3) is 0 Å². The molecule has 0 saturated carbocycles. The van der Waals surface area contributed by atoms with Gasteiger partial charge in [0.05, 0.1) is 5.41 Å². The number of hydrogen-bond donors (Lipinski definition) is 1. The predicted molar refractivity (Wildman–Crippen MR) is 78.4 cm³/mol. The summed E-state index contributed by atoms with van der Waals surface area (Å²) in [6.07, 6.45) is 1.56. The first kappa shape index (κ1) is 16.0. The standard InChI is InChI=1S/C15H22ClNO2/c1-4-9-15(2,14(18)19)11-17(3)10-12-5-7-13(16)8-6-12/h5-8H,4,9-11H2,1-3H3,(H,18,19). The molecule has 0 spiro atoms. The lowest BCUT2D eigenvalue weighted by molar-refractivity contribution is -0.149. The van der Waals surface area contributed by atoms with Crippen LogP contribution in [0.25, 0.3) is 0 Å². The van der Waals surface area contributed by atoms with Crippen LogP contribution in [-0.2, 0) is 11.3 Å². The van der Waals surface area contributed by atoms with Gasteiger partial charge in [-0.25, -0.2) is 0 Å². The number of carbonyl (C=O) groups is 1. The molecule has 0 saturated heterocycles. The van der Waals surface area contributed by atoms with Crippen LogP contribution >= 0.6 is 11.6 Å². The highest BCUT2D eigenvalue weighted by molar-refractivity contribution is 6.30. The zero-order chi connectivity index (χ0) is 14.5. The lowest BCUT2D eigenvalue weighted by Crippen LogP contribution is -2.39. The summed E-state index contributed by atoms with van der Waals surface area (Å²) in [5.74, 6) is -0.725. The summed E-state index contributed by atoms with van der Waals surface area (Å²) >= 11 is 5.85. The Morgan fingerprint density at radius 2 is 1.95 bits per heavy atom. The highest BCUT2D eigenvalue weighted by Gasteiger charge is 2.33. The first-order valence-corrected chi connectivity index (χ1v) is 6.91. The van der Waals surface area contributed by atoms with Gasteiger partial charge in [-0.1, -0.05) is 37.1 Å². The normalized spacial score (nSPS) is 14.4. The van der Waals surface area contributed by atoms with Gasteiger partial charge in [-0.3, -0.25) is 4.79 Å². The third-order valence-corrected chi connectivity index (χ3v) is 3.55. The SMILES string of the molecule is CCCC(C)(CN(C)Cc1ccc(Cl)cc1)C(=O)O. The van der Waals surface area contributed by atoms with Gasteiger partial charge in [0.1, 0.15) is 0 Å². The van der Waals surface area contributed by atoms with Crippen molar-refractivity contribution in [3.63, 3.8) is 0 Å². The van der Waals surface area contributed by atoms with Crippen molar-refractivity contribution in [2.45, 2.75) is 33.2 Å². The molecule has 106 valence electrons. The van der Waals surface area contributed by atoms with Crippen molar-refractivity contribution < 1.29 is 9.90 Å². The Hall–Kier alpha value is -1.06. The highest BCUT2D eigenvalue weighted by atomic mass is 35.5. The predicted octanol–water partition coefficient (Wildman–Crippen LogP) is 3.66. The van der Waals surface area contributed by atoms with E-state index in [0.29, 0.717) is 18.0 Å². The van der Waals surface area contributed by atoms with Gasteiger partial charge in [-0.05, 0) is 38.1 Å². The molecule has 1 rings (SSSR count). The van der Waals surface area contributed by atoms with Crippen LogP contribution in [0.5, 0.6) is 0 Å². The van der Waals surface area contributed by atoms with Crippen molar-refractivity contribution in [3.05, 3.63) is 34.9 Å². The minimum absolute atomic E-state index is 0.540. The summed E-state index contributed by atoms with van der Waals surface area (Å²) in [5, 5.41) is 10.1. The van der Waals surface area contributed by atoms with E-state index in [1.807, 2.05) is 50.1 Å². The zero-order valence-electron chi connectivity index (χ0n) is 11.8. The molecule has 1 unspecified atom stereocenters. The van der Waals surface area contributed by atoms with Gasteiger partial charge in [-0.15, -0.1) is 0 Å². The number of benzene rings is 1. The fraction of sp³-hybridized carbons (Fsp3) is 0.533. The van der Waals surface area contributed by atoms with E-state index < -0.39 is 11.4 Å². The number of halogens is 1. The van der Waals surface area contributed by atoms with E-state index in [1.54, 1.807) is 0 Å². The molecule has 1 aromatic carbocycles. The second-order valence-electron chi connectivity index (χ2n) is 5.41. The summed E-state index contributed by atoms with van der Waals surface area (Å²) in [4.78, 5) is 13.4. The smallest absolute Gasteiger partial charge is 0.310 e. The van der Waals surface area contributed by atoms with Crippen LogP contribution in [0.4, 0.5) is 0 Å². The average Bonchev–Trinajstić information content (AvgIpc) is 2.32. The fourth-order valence-corrected chi connectivity index (χ4v) is 2.48. The van der Waals surface area contributed by atoms with Crippen molar-refractivity contribution in [1.82, 2.24) is 4.90 Å². The first-order valence-electron chi connectivity index (χ1n) is 6.54. The third kappa shape index (κ3) is 4.84. The summed E-state index contributed by atoms with van der Waals surface area (Å²) < 4.78 is 0. The maximum absolute atomic E-state index is 11.4. The minimum Gasteiger partial charge on any atom is -0.481 e. The topological polar surface area (TPSA) is 40.5 Å². The van der Waals surface area contributed by atoms with Crippen molar-refractivity contribution in [2.75, 3.05) is 13.6 Å². The lowest BCUT2D eigenvalue weighted by Gasteiger charge is -2.30. The van der Waals surface area contributed by atoms with Gasteiger partial charge in [0.15, 0.2) is 0 Å². The van der Waals surface area contributed by atoms with E-state index >= 15 is 0 Å². The summed E-state index contributed by atoms with van der Waals surface area (Å²) in [6, 6.07) is 7.65. The second kappa shape index (κ2) is 6.92. The Morgan fingerprint density at radius 3 is 2.42 bits per heavy atom. The van der Waals surface area contributed by atoms with E-state index in [9.17, 15) is 9.90 Å². The van der Waals surface area contributed by atoms with Crippen molar-refractivity contribution >= 4 is 17.6 Å². The van der Waals surface area contributed by atoms with Crippen molar-refractivity contribution in [1.29, 1.82) is 0 Å². The Morgan fingerprint density at radius 1 is 1.37 bits per heavy atom. The molecule has 0 radical (unpaired) electrons. The Labute approximate surface area is 120 Å². The van der Waals surface area contributed by atoms with Crippen LogP contribution < -0.4 is 0 Å². The van der Waals surface area contributed by atoms with Crippen LogP contribution in [0.2, 0.25) is 5.02 Å². The summed E-state index contributed by atoms with van der Waals surface area (Å²) in [6.45, 7) is 5.10. The molecule has 0 aliphatic heterocycles. The lowest BCUT2D eigenvalue weighted by atomic mass is 9.85. The number of rotatable bonds is 7. The molecule has 0 aromatic heterocycles. The molecular formula is C15H22ClNO2. The second-order valence-corrected chi connectivity index (χ2v) is 5.85. The van der Waals surface area contributed by atoms with Gasteiger partial charge < -0.3 is 10.0 Å². The first-order chi connectivity index (χ1) is 8.87. The molecule has 0 aliphatic rings. The average molecular weight is 284 g/mol. The number of carboxylic acids is 1. The zero-order valence-corrected chi connectivity index (χ0v) is 12.6. The van der Waals surface area contributed by atoms with E-state index in [-0.39, 0.29) is 0 Å². The molecule has 0 heterocycles. The van der Waals surface area contributed by atoms with E-state index in [0.717, 1.165) is 18.5 Å². The van der Waals surface area contributed by atoms with Gasteiger partial charge >= 0.3 is 5.97 Å². The molecule has 1 N–H and O–H groups in total. The van der Waals surface area contributed by atoms with Crippen LogP contribution in [0.3, 0.4) is 0 Å². The maximum Gasteiger partial charge on any atom is 0.310 e. The molecule has 0 amide bonds. The van der Waals surface area contributed by atoms with Crippen molar-refractivity contribution in [3.8, 4) is 0 Å². The van der Waals surface area contributed by atoms with Gasteiger partial charge in [0, 0.05) is 18.1 Å². The van der Waals surface area contributed by atoms with Crippen molar-refractivity contribution in [2.24, 2.45) is 5.41 Å². The molecule has 1 atom stereocenters. The Kier molecular flexibility index (Phi) is 5.83. The van der Waals surface area contributed by atoms with E-state index in [4.69, 9.17) is 11.6 Å². The number of nitrogens with zero attached hydrogens (tertiary/aromatic N) is 1. The molecule has 3 nitrogen and oxygen atoms in total. The van der Waals surface area contributed by atoms with E-state index in [2.05, 4.69) is 0 Å². The van der Waals surface area contributed by atoms with Crippen LogP contribution in [0, 0.1) is 5.41 Å². The van der Waals surface area contributed by atoms with Crippen LogP contribution in [-0.4, -0.2) is 29.6 Å². The number of hydrogen-bond acceptors (Lipinski definition) is 2. The maximum atomic E-state index is 11.4. The highest BCUT2D eigenvalue weighted by Crippen LogP contribution is 2.25. The molecule has 0 aliphatic carbocycles. The molecule has 0 fully saturated rings. The van der Waals surface area contributed by atoms with Gasteiger partial charge in [-0.2, -0.15) is 0 Å². The van der Waals surface area contributed by atoms with E-state index in [1.165, 1.54) is 0 Å². The molecule has 4 heteroatoms. The molecule has 0 bridgehead atoms. The summed E-state index contributed by atoms with van der Waals surface area (Å²) in [5.41, 5.74) is 0.451. The number of carboxylic acid groups (broad SMARTS) is 1. The molecule has 1 aromatic rings. The Balaban J connectivity index is 2.65. The minimum atomic E-state index is -0.725. The fourth-order valence-electron chi connectivity index (χ4n) is 2.36. The van der Waals surface area contributed by atoms with Gasteiger partial charge in [0.2, 0.25) is 0 Å².